The van der Waals surface area contributed by atoms with E-state index in [-0.39, 0.29) is 0 Å². The Morgan fingerprint density at radius 2 is 1.78 bits per heavy atom. The number of hydrogen-bond donors (Lipinski definition) is 1. The van der Waals surface area contributed by atoms with Gasteiger partial charge in [0.15, 0.2) is 0 Å². The van der Waals surface area contributed by atoms with E-state index in [0.29, 0.717) is 11.0 Å². The molecule has 1 fully saturated rings. The minimum Gasteiger partial charge on any atom is -0.329 e. The molecule has 0 atom stereocenters. The summed E-state index contributed by atoms with van der Waals surface area (Å²) in [6.45, 7) is 11.4. The van der Waals surface area contributed by atoms with Crippen LogP contribution >= 0.6 is 0 Å². The normalized spacial score (nSPS) is 29.8. The first-order valence-corrected chi connectivity index (χ1v) is 7.70. The molecule has 18 heavy (non-hydrogen) atoms. The van der Waals surface area contributed by atoms with Crippen molar-refractivity contribution in [3.05, 3.63) is 0 Å². The van der Waals surface area contributed by atoms with Gasteiger partial charge in [-0.3, -0.25) is 4.90 Å². The summed E-state index contributed by atoms with van der Waals surface area (Å²) in [5, 5.41) is 0. The molecule has 0 aromatic rings. The monoisotopic (exact) mass is 254 g/mol. The van der Waals surface area contributed by atoms with E-state index in [1.54, 1.807) is 0 Å². The van der Waals surface area contributed by atoms with Gasteiger partial charge in [-0.1, -0.05) is 27.7 Å². The maximum absolute atomic E-state index is 6.10. The molecular weight excluding hydrogens is 220 g/mol. The highest BCUT2D eigenvalue weighted by molar-refractivity contribution is 4.94. The molecule has 0 aromatic heterocycles. The van der Waals surface area contributed by atoms with E-state index in [1.165, 1.54) is 45.1 Å². The van der Waals surface area contributed by atoms with Gasteiger partial charge in [0.1, 0.15) is 0 Å². The van der Waals surface area contributed by atoms with Gasteiger partial charge in [0, 0.05) is 12.1 Å². The van der Waals surface area contributed by atoms with Crippen molar-refractivity contribution in [3.63, 3.8) is 0 Å². The van der Waals surface area contributed by atoms with Crippen LogP contribution in [0.3, 0.4) is 0 Å². The van der Waals surface area contributed by atoms with Crippen molar-refractivity contribution in [1.29, 1.82) is 0 Å². The average Bonchev–Trinajstić information content (AvgIpc) is 2.28. The second kappa shape index (κ2) is 6.38. The summed E-state index contributed by atoms with van der Waals surface area (Å²) in [4.78, 5) is 2.56. The molecule has 0 aromatic carbocycles. The number of likely N-dealkylation sites (N-methyl/N-ethyl adjacent to an activating group) is 1. The molecule has 0 radical (unpaired) electrons. The standard InChI is InChI=1S/C16H34N2/c1-14-7-10-16(13-17,11-8-14)18(5)12-6-9-15(2,3)4/h14H,6-13,17H2,1-5H3. The molecule has 1 aliphatic rings. The van der Waals surface area contributed by atoms with Gasteiger partial charge in [-0.15, -0.1) is 0 Å². The Kier molecular flexibility index (Phi) is 5.67. The molecular formula is C16H34N2. The molecule has 0 heterocycles. The fraction of sp³-hybridized carbons (Fsp3) is 1.00. The van der Waals surface area contributed by atoms with Crippen LogP contribution in [0.1, 0.15) is 66.2 Å². The number of hydrogen-bond acceptors (Lipinski definition) is 2. The first kappa shape index (κ1) is 16.0. The smallest absolute Gasteiger partial charge is 0.0328 e. The second-order valence-corrected chi connectivity index (χ2v) is 7.70. The predicted molar refractivity (Wildman–Crippen MR) is 80.7 cm³/mol. The fourth-order valence-electron chi connectivity index (χ4n) is 3.12. The predicted octanol–water partition coefficient (Wildman–Crippen LogP) is 3.65. The van der Waals surface area contributed by atoms with Gasteiger partial charge in [0.2, 0.25) is 0 Å². The highest BCUT2D eigenvalue weighted by Crippen LogP contribution is 2.35. The summed E-state index contributed by atoms with van der Waals surface area (Å²) in [6, 6.07) is 0. The molecule has 1 aliphatic carbocycles. The quantitative estimate of drug-likeness (QED) is 0.811. The highest BCUT2D eigenvalue weighted by Gasteiger charge is 2.36. The summed E-state index contributed by atoms with van der Waals surface area (Å²) < 4.78 is 0. The van der Waals surface area contributed by atoms with Crippen LogP contribution in [0.15, 0.2) is 0 Å². The Balaban J connectivity index is 2.44. The summed E-state index contributed by atoms with van der Waals surface area (Å²) in [5.41, 5.74) is 6.85. The highest BCUT2D eigenvalue weighted by atomic mass is 15.2. The lowest BCUT2D eigenvalue weighted by Gasteiger charge is -2.46. The zero-order valence-electron chi connectivity index (χ0n) is 13.3. The Bertz CT molecular complexity index is 234. The van der Waals surface area contributed by atoms with Crippen molar-refractivity contribution in [2.24, 2.45) is 17.1 Å². The Hall–Kier alpha value is -0.0800. The largest absolute Gasteiger partial charge is 0.329 e. The van der Waals surface area contributed by atoms with Crippen molar-refractivity contribution < 1.29 is 0 Å². The SMILES string of the molecule is CC1CCC(CN)(N(C)CCCC(C)(C)C)CC1. The van der Waals surface area contributed by atoms with E-state index < -0.39 is 0 Å². The molecule has 2 heteroatoms. The summed E-state index contributed by atoms with van der Waals surface area (Å²) >= 11 is 0. The van der Waals surface area contributed by atoms with Crippen LogP contribution in [0.4, 0.5) is 0 Å². The lowest BCUT2D eigenvalue weighted by atomic mass is 9.76. The van der Waals surface area contributed by atoms with Gasteiger partial charge in [-0.2, -0.15) is 0 Å². The zero-order valence-corrected chi connectivity index (χ0v) is 13.3. The Morgan fingerprint density at radius 1 is 1.22 bits per heavy atom. The average molecular weight is 254 g/mol. The minimum atomic E-state index is 0.296. The molecule has 0 saturated heterocycles. The van der Waals surface area contributed by atoms with E-state index in [1.807, 2.05) is 0 Å². The number of rotatable bonds is 5. The van der Waals surface area contributed by atoms with Crippen molar-refractivity contribution in [2.45, 2.75) is 71.8 Å². The second-order valence-electron chi connectivity index (χ2n) is 7.70. The maximum Gasteiger partial charge on any atom is 0.0328 e. The first-order valence-electron chi connectivity index (χ1n) is 7.70. The van der Waals surface area contributed by atoms with E-state index in [2.05, 4.69) is 39.6 Å². The third-order valence-corrected chi connectivity index (χ3v) is 4.82. The molecule has 2 N–H and O–H groups in total. The molecule has 108 valence electrons. The summed E-state index contributed by atoms with van der Waals surface area (Å²) in [6.07, 6.45) is 7.86. The molecule has 0 unspecified atom stereocenters. The molecule has 1 saturated carbocycles. The summed E-state index contributed by atoms with van der Waals surface area (Å²) in [7, 11) is 2.28. The van der Waals surface area contributed by atoms with Gasteiger partial charge in [0.25, 0.3) is 0 Å². The number of nitrogens with two attached hydrogens (primary N) is 1. The van der Waals surface area contributed by atoms with Crippen LogP contribution in [-0.2, 0) is 0 Å². The van der Waals surface area contributed by atoms with Gasteiger partial charge in [-0.05, 0) is 63.5 Å². The zero-order chi connectivity index (χ0) is 13.8. The van der Waals surface area contributed by atoms with E-state index in [9.17, 15) is 0 Å². The van der Waals surface area contributed by atoms with E-state index in [4.69, 9.17) is 5.73 Å². The molecule has 1 rings (SSSR count). The first-order chi connectivity index (χ1) is 8.29. The molecule has 2 nitrogen and oxygen atoms in total. The molecule has 0 bridgehead atoms. The fourth-order valence-corrected chi connectivity index (χ4v) is 3.12. The van der Waals surface area contributed by atoms with Crippen LogP contribution in [0.2, 0.25) is 0 Å². The Labute approximate surface area is 114 Å². The topological polar surface area (TPSA) is 29.3 Å². The summed E-state index contributed by atoms with van der Waals surface area (Å²) in [5.74, 6) is 0.896. The van der Waals surface area contributed by atoms with Crippen molar-refractivity contribution in [1.82, 2.24) is 4.90 Å². The maximum atomic E-state index is 6.10. The van der Waals surface area contributed by atoms with Crippen LogP contribution in [0, 0.1) is 11.3 Å². The van der Waals surface area contributed by atoms with Crippen molar-refractivity contribution in [2.75, 3.05) is 20.1 Å². The lowest BCUT2D eigenvalue weighted by molar-refractivity contribution is 0.0643. The van der Waals surface area contributed by atoms with Gasteiger partial charge in [-0.25, -0.2) is 0 Å². The lowest BCUT2D eigenvalue weighted by Crippen LogP contribution is -2.54. The number of nitrogens with zero attached hydrogens (tertiary/aromatic N) is 1. The van der Waals surface area contributed by atoms with Gasteiger partial charge >= 0.3 is 0 Å². The molecule has 0 amide bonds. The van der Waals surface area contributed by atoms with Gasteiger partial charge < -0.3 is 5.73 Å². The van der Waals surface area contributed by atoms with E-state index >= 15 is 0 Å². The van der Waals surface area contributed by atoms with Crippen molar-refractivity contribution >= 4 is 0 Å². The molecule has 0 aliphatic heterocycles. The third kappa shape index (κ3) is 4.55. The van der Waals surface area contributed by atoms with Crippen LogP contribution < -0.4 is 5.73 Å². The van der Waals surface area contributed by atoms with Crippen LogP contribution in [-0.4, -0.2) is 30.6 Å². The van der Waals surface area contributed by atoms with Gasteiger partial charge in [0.05, 0.1) is 0 Å². The van der Waals surface area contributed by atoms with E-state index in [0.717, 1.165) is 12.5 Å². The van der Waals surface area contributed by atoms with Crippen LogP contribution in [0.5, 0.6) is 0 Å². The van der Waals surface area contributed by atoms with Crippen LogP contribution in [0.25, 0.3) is 0 Å². The Morgan fingerprint density at radius 3 is 2.22 bits per heavy atom. The third-order valence-electron chi connectivity index (χ3n) is 4.82. The molecule has 0 spiro atoms. The van der Waals surface area contributed by atoms with Crippen molar-refractivity contribution in [3.8, 4) is 0 Å². The minimum absolute atomic E-state index is 0.296.